The maximum absolute atomic E-state index is 15.3. The molecule has 4 rings (SSSR count). The number of allylic oxidation sites excluding steroid dienone is 1. The molecule has 0 fully saturated rings. The molecule has 2 amide bonds. The normalized spacial score (nSPS) is 18.8. The number of aromatic nitrogens is 1. The van der Waals surface area contributed by atoms with Crippen LogP contribution in [0.2, 0.25) is 0 Å². The zero-order valence-electron chi connectivity index (χ0n) is 17.7. The molecule has 0 saturated heterocycles. The average molecular weight is 413 g/mol. The van der Waals surface area contributed by atoms with Crippen molar-refractivity contribution in [1.82, 2.24) is 10.3 Å². The molecule has 0 unspecified atom stereocenters. The van der Waals surface area contributed by atoms with E-state index in [4.69, 9.17) is 10.5 Å². The lowest BCUT2D eigenvalue weighted by molar-refractivity contribution is 0.0511. The Balaban J connectivity index is 1.76. The Morgan fingerprint density at radius 3 is 2.70 bits per heavy atom. The number of primary amides is 1. The minimum atomic E-state index is -0.646. The van der Waals surface area contributed by atoms with Gasteiger partial charge in [0.2, 0.25) is 0 Å². The van der Waals surface area contributed by atoms with E-state index in [1.165, 1.54) is 6.07 Å². The summed E-state index contributed by atoms with van der Waals surface area (Å²) in [6.45, 7) is 5.44. The number of aryl methyl sites for hydroxylation is 2. The van der Waals surface area contributed by atoms with Gasteiger partial charge in [-0.2, -0.15) is 0 Å². The largest absolute Gasteiger partial charge is 0.444 e. The highest BCUT2D eigenvalue weighted by atomic mass is 19.1. The molecule has 2 aliphatic carbocycles. The number of nitrogens with one attached hydrogen (secondary N) is 2. The van der Waals surface area contributed by atoms with Crippen LogP contribution in [-0.4, -0.2) is 28.6 Å². The number of ether oxygens (including phenoxy) is 1. The minimum absolute atomic E-state index is 0.181. The summed E-state index contributed by atoms with van der Waals surface area (Å²) >= 11 is 0. The van der Waals surface area contributed by atoms with Crippen molar-refractivity contribution in [2.45, 2.75) is 70.9 Å². The summed E-state index contributed by atoms with van der Waals surface area (Å²) in [5.41, 5.74) is 9.23. The highest BCUT2D eigenvalue weighted by Crippen LogP contribution is 2.40. The number of carbonyl (C=O) groups is 2. The van der Waals surface area contributed by atoms with Gasteiger partial charge in [0, 0.05) is 16.6 Å². The zero-order valence-corrected chi connectivity index (χ0v) is 17.7. The Morgan fingerprint density at radius 1 is 1.23 bits per heavy atom. The fraction of sp³-hybridized carbons (Fsp3) is 0.478. The summed E-state index contributed by atoms with van der Waals surface area (Å²) in [6.07, 6.45) is 6.44. The molecule has 1 aromatic heterocycles. The molecule has 2 aliphatic rings. The van der Waals surface area contributed by atoms with Crippen molar-refractivity contribution in [3.05, 3.63) is 40.3 Å². The summed E-state index contributed by atoms with van der Waals surface area (Å²) in [6, 6.07) is 0.998. The quantitative estimate of drug-likeness (QED) is 0.698. The first kappa shape index (κ1) is 20.4. The van der Waals surface area contributed by atoms with Crippen LogP contribution in [0.4, 0.5) is 9.18 Å². The Hall–Kier alpha value is -2.83. The fourth-order valence-electron chi connectivity index (χ4n) is 4.60. The molecule has 2 aromatic rings. The molecule has 0 radical (unpaired) electrons. The molecular weight excluding hydrogens is 385 g/mol. The predicted octanol–water partition coefficient (Wildman–Crippen LogP) is 4.36. The maximum Gasteiger partial charge on any atom is 0.408 e. The smallest absolute Gasteiger partial charge is 0.408 e. The highest BCUT2D eigenvalue weighted by Gasteiger charge is 2.28. The van der Waals surface area contributed by atoms with E-state index in [-0.39, 0.29) is 11.6 Å². The molecule has 0 spiro atoms. The molecule has 0 aliphatic heterocycles. The number of alkyl carbamates (subject to hydrolysis) is 1. The highest BCUT2D eigenvalue weighted by molar-refractivity contribution is 6.09. The maximum atomic E-state index is 15.3. The molecular formula is C23H28FN3O3. The number of fused-ring (bicyclic) bond motifs is 3. The molecule has 160 valence electrons. The molecule has 0 bridgehead atoms. The average Bonchev–Trinajstić information content (AvgIpc) is 3.21. The summed E-state index contributed by atoms with van der Waals surface area (Å²) in [5, 5.41) is 3.64. The van der Waals surface area contributed by atoms with E-state index in [9.17, 15) is 9.59 Å². The van der Waals surface area contributed by atoms with Gasteiger partial charge in [0.25, 0.3) is 5.91 Å². The third kappa shape index (κ3) is 3.80. The second kappa shape index (κ2) is 7.45. The van der Waals surface area contributed by atoms with E-state index < -0.39 is 23.4 Å². The number of halogens is 1. The van der Waals surface area contributed by atoms with E-state index in [1.54, 1.807) is 0 Å². The van der Waals surface area contributed by atoms with E-state index in [1.807, 2.05) is 26.8 Å². The predicted molar refractivity (Wildman–Crippen MR) is 114 cm³/mol. The van der Waals surface area contributed by atoms with Crippen LogP contribution in [-0.2, 0) is 17.6 Å². The van der Waals surface area contributed by atoms with Crippen LogP contribution in [0, 0.1) is 5.82 Å². The number of rotatable bonds is 3. The van der Waals surface area contributed by atoms with Crippen molar-refractivity contribution >= 4 is 28.5 Å². The molecule has 1 heterocycles. The van der Waals surface area contributed by atoms with Gasteiger partial charge >= 0.3 is 6.09 Å². The number of hydrogen-bond acceptors (Lipinski definition) is 3. The van der Waals surface area contributed by atoms with Gasteiger partial charge in [0.15, 0.2) is 0 Å². The van der Waals surface area contributed by atoms with Gasteiger partial charge in [-0.3, -0.25) is 4.79 Å². The van der Waals surface area contributed by atoms with Crippen LogP contribution in [0.15, 0.2) is 12.1 Å². The SMILES string of the molecule is CC(C)(C)OC(=O)N[C@@H]1C=C(c2c(F)cc(C(N)=O)c3[nH]c4c(c23)CCC4)CCC1. The second-order valence-electron chi connectivity index (χ2n) is 9.17. The molecule has 6 nitrogen and oxygen atoms in total. The van der Waals surface area contributed by atoms with E-state index in [0.29, 0.717) is 17.5 Å². The summed E-state index contributed by atoms with van der Waals surface area (Å²) in [4.78, 5) is 27.4. The summed E-state index contributed by atoms with van der Waals surface area (Å²) < 4.78 is 20.7. The van der Waals surface area contributed by atoms with Crippen molar-refractivity contribution < 1.29 is 18.7 Å². The topological polar surface area (TPSA) is 97.2 Å². The minimum Gasteiger partial charge on any atom is -0.444 e. The molecule has 1 atom stereocenters. The molecule has 0 saturated carbocycles. The van der Waals surface area contributed by atoms with E-state index in [2.05, 4.69) is 10.3 Å². The number of hydrogen-bond donors (Lipinski definition) is 3. The van der Waals surface area contributed by atoms with E-state index >= 15 is 4.39 Å². The van der Waals surface area contributed by atoms with Crippen LogP contribution >= 0.6 is 0 Å². The third-order valence-corrected chi connectivity index (χ3v) is 5.73. The van der Waals surface area contributed by atoms with Gasteiger partial charge in [-0.1, -0.05) is 6.08 Å². The Labute approximate surface area is 175 Å². The molecule has 4 N–H and O–H groups in total. The monoisotopic (exact) mass is 413 g/mol. The Bertz CT molecular complexity index is 1060. The first-order valence-corrected chi connectivity index (χ1v) is 10.5. The van der Waals surface area contributed by atoms with Gasteiger partial charge < -0.3 is 20.8 Å². The molecule has 30 heavy (non-hydrogen) atoms. The standard InChI is InChI=1S/C23H28FN3O3/c1-23(2,3)30-22(29)26-13-7-4-6-12(10-13)18-16(24)11-15(21(25)28)20-19(18)14-8-5-9-17(14)27-20/h10-11,13,27H,4-9H2,1-3H3,(H2,25,28)(H,26,29)/t13-/m0/s1. The van der Waals surface area contributed by atoms with Crippen LogP contribution in [0.25, 0.3) is 16.5 Å². The molecule has 1 aromatic carbocycles. The van der Waals surface area contributed by atoms with Crippen LogP contribution in [0.1, 0.15) is 73.6 Å². The van der Waals surface area contributed by atoms with Crippen LogP contribution in [0.3, 0.4) is 0 Å². The van der Waals surface area contributed by atoms with E-state index in [0.717, 1.165) is 54.3 Å². The number of nitrogens with two attached hydrogens (primary N) is 1. The lowest BCUT2D eigenvalue weighted by Gasteiger charge is -2.26. The lowest BCUT2D eigenvalue weighted by Crippen LogP contribution is -2.39. The summed E-state index contributed by atoms with van der Waals surface area (Å²) in [7, 11) is 0. The van der Waals surface area contributed by atoms with Gasteiger partial charge in [-0.15, -0.1) is 0 Å². The van der Waals surface area contributed by atoms with Crippen LogP contribution < -0.4 is 11.1 Å². The number of H-pyrrole nitrogens is 1. The number of aromatic amines is 1. The van der Waals surface area contributed by atoms with Gasteiger partial charge in [0.05, 0.1) is 17.1 Å². The van der Waals surface area contributed by atoms with Crippen molar-refractivity contribution in [2.75, 3.05) is 0 Å². The van der Waals surface area contributed by atoms with Crippen molar-refractivity contribution in [3.63, 3.8) is 0 Å². The second-order valence-corrected chi connectivity index (χ2v) is 9.17. The van der Waals surface area contributed by atoms with Crippen molar-refractivity contribution in [1.29, 1.82) is 0 Å². The van der Waals surface area contributed by atoms with Crippen LogP contribution in [0.5, 0.6) is 0 Å². The number of amides is 2. The number of carbonyl (C=O) groups excluding carboxylic acids is 2. The van der Waals surface area contributed by atoms with Gasteiger partial charge in [-0.05, 0) is 76.5 Å². The molecule has 7 heteroatoms. The number of benzene rings is 1. The first-order chi connectivity index (χ1) is 14.1. The van der Waals surface area contributed by atoms with Gasteiger partial charge in [-0.25, -0.2) is 9.18 Å². The Morgan fingerprint density at radius 2 is 2.00 bits per heavy atom. The van der Waals surface area contributed by atoms with Gasteiger partial charge in [0.1, 0.15) is 11.4 Å². The Kier molecular flexibility index (Phi) is 5.08. The zero-order chi connectivity index (χ0) is 21.6. The summed E-state index contributed by atoms with van der Waals surface area (Å²) in [5.74, 6) is -1.10. The third-order valence-electron chi connectivity index (χ3n) is 5.73. The fourth-order valence-corrected chi connectivity index (χ4v) is 4.60. The lowest BCUT2D eigenvalue weighted by atomic mass is 9.87. The van der Waals surface area contributed by atoms with Crippen molar-refractivity contribution in [2.24, 2.45) is 5.73 Å². The first-order valence-electron chi connectivity index (χ1n) is 10.5. The van der Waals surface area contributed by atoms with Crippen molar-refractivity contribution in [3.8, 4) is 0 Å².